The third kappa shape index (κ3) is 9.49. The van der Waals surface area contributed by atoms with Crippen molar-refractivity contribution in [1.82, 2.24) is 0 Å². The zero-order valence-electron chi connectivity index (χ0n) is 2.26. The van der Waals surface area contributed by atoms with Gasteiger partial charge in [-0.05, 0) is 12.7 Å². The number of rotatable bonds is 0. The third-order valence-corrected chi connectivity index (χ3v) is 0. The molecule has 0 aliphatic rings. The van der Waals surface area contributed by atoms with E-state index in [2.05, 4.69) is 12.7 Å². The molecule has 0 saturated carbocycles. The maximum atomic E-state index is 2.91. The Morgan fingerprint density at radius 2 is 1.25 bits per heavy atom. The molecular formula is BrCsIPb. The van der Waals surface area contributed by atoms with Gasteiger partial charge in [0.2, 0.25) is 0 Å². The molecule has 0 N–H and O–H groups in total. The average molecular weight is 547 g/mol. The molecule has 0 fully saturated rings. The minimum Gasteiger partial charge on any atom is -0.00711 e. The summed E-state index contributed by atoms with van der Waals surface area (Å²) in [4.78, 5) is 0. The van der Waals surface area contributed by atoms with Gasteiger partial charge in [-0.3, -0.25) is 0 Å². The number of halogens is 2. The van der Waals surface area contributed by atoms with Crippen LogP contribution in [0.4, 0.5) is 0 Å². The van der Waals surface area contributed by atoms with Crippen LogP contribution < -0.4 is 0 Å². The van der Waals surface area contributed by atoms with Crippen LogP contribution in [0.2, 0.25) is 0 Å². The zero-order valence-corrected chi connectivity index (χ0v) is 16.2. The van der Waals surface area contributed by atoms with E-state index in [1.54, 1.807) is 0 Å². The molecule has 0 amide bonds. The molecule has 0 aliphatic carbocycles. The second-order valence-corrected chi connectivity index (χ2v) is 0. The van der Waals surface area contributed by atoms with E-state index in [0.717, 1.165) is 0 Å². The topological polar surface area (TPSA) is 0 Å². The second-order valence-electron chi connectivity index (χ2n) is 0. The summed E-state index contributed by atoms with van der Waals surface area (Å²) in [6, 6.07) is 0. The molecule has 0 heterocycles. The van der Waals surface area contributed by atoms with Crippen LogP contribution in [0.1, 0.15) is 0 Å². The van der Waals surface area contributed by atoms with Crippen molar-refractivity contribution >= 4 is 129 Å². The van der Waals surface area contributed by atoms with Gasteiger partial charge >= 0.3 is 0 Å². The van der Waals surface area contributed by atoms with Gasteiger partial charge in [0, 0.05) is 117 Å². The smallest absolute Gasteiger partial charge is 0.00711 e. The molecule has 0 saturated heterocycles. The van der Waals surface area contributed by atoms with Crippen LogP contribution in [0.3, 0.4) is 0 Å². The van der Waals surface area contributed by atoms with Gasteiger partial charge in [-0.25, -0.2) is 0 Å². The van der Waals surface area contributed by atoms with Crippen molar-refractivity contribution in [3.8, 4) is 0 Å². The molecule has 0 aromatic heterocycles. The van der Waals surface area contributed by atoms with E-state index < -0.39 is 0 Å². The van der Waals surface area contributed by atoms with E-state index in [4.69, 9.17) is 0 Å². The van der Waals surface area contributed by atoms with Crippen LogP contribution >= 0.6 is 33.1 Å². The predicted octanol–water partition coefficient (Wildman–Crippen LogP) is 0.970. The number of hydrogen-bond acceptors (Lipinski definition) is 0. The summed E-state index contributed by atoms with van der Waals surface area (Å²) < 4.78 is 0. The maximum absolute atomic E-state index is 2.91. The summed E-state index contributed by atoms with van der Waals surface area (Å²) in [6.45, 7) is 0. The van der Waals surface area contributed by atoms with Crippen molar-refractivity contribution in [3.63, 3.8) is 0 Å². The van der Waals surface area contributed by atoms with Gasteiger partial charge in [0.1, 0.15) is 0 Å². The monoisotopic (exact) mass is 547 g/mol. The Labute approximate surface area is 125 Å². The molecule has 0 spiro atoms. The van der Waals surface area contributed by atoms with Crippen molar-refractivity contribution in [1.29, 1.82) is 0 Å². The molecule has 4 heavy (non-hydrogen) atoms. The van der Waals surface area contributed by atoms with Crippen molar-refractivity contribution < 1.29 is 0 Å². The van der Waals surface area contributed by atoms with Crippen molar-refractivity contribution in [2.24, 2.45) is 0 Å². The summed E-state index contributed by atoms with van der Waals surface area (Å²) in [7, 11) is 0. The molecule has 0 unspecified atom stereocenters. The van der Waals surface area contributed by atoms with Crippen LogP contribution in [-0.2, 0) is 0 Å². The average Bonchev–Trinajstić information content (AvgIpc) is 1.00. The number of hydrogen-bond donors (Lipinski definition) is 0. The Bertz CT molecular complexity index is 8.00. The molecule has 19 valence electrons. The molecule has 0 rings (SSSR count). The molecule has 0 bridgehead atoms. The van der Waals surface area contributed by atoms with E-state index >= 15 is 0 Å². The fraction of sp³-hybridized carbons (Fsp3) is 0. The van der Waals surface area contributed by atoms with Gasteiger partial charge in [-0.2, -0.15) is 0 Å². The Morgan fingerprint density at radius 1 is 1.25 bits per heavy atom. The first kappa shape index (κ1) is 15.7. The minimum absolute atomic E-state index is 0. The standard InChI is InChI=1S/BrI.Cs.Pb/c1-2;;. The van der Waals surface area contributed by atoms with Crippen LogP contribution in [0, 0.1) is 0 Å². The van der Waals surface area contributed by atoms with Crippen LogP contribution in [0.25, 0.3) is 0 Å². The van der Waals surface area contributed by atoms with Gasteiger partial charge in [0.05, 0.1) is 0 Å². The van der Waals surface area contributed by atoms with Crippen molar-refractivity contribution in [2.75, 3.05) is 0 Å². The summed E-state index contributed by atoms with van der Waals surface area (Å²) in [6.07, 6.45) is 0. The van der Waals surface area contributed by atoms with E-state index in [1.165, 1.54) is 0 Å². The summed E-state index contributed by atoms with van der Waals surface area (Å²) in [5.74, 6) is 0. The van der Waals surface area contributed by atoms with Gasteiger partial charge in [0.15, 0.2) is 0 Å². The van der Waals surface area contributed by atoms with E-state index in [1.807, 2.05) is 20.4 Å². The molecule has 0 aliphatic heterocycles. The molecule has 0 aromatic carbocycles. The Morgan fingerprint density at radius 3 is 1.25 bits per heavy atom. The predicted molar refractivity (Wildman–Crippen MR) is 34.5 cm³/mol. The normalized spacial score (nSPS) is 1.50. The second kappa shape index (κ2) is 15.7. The summed E-state index contributed by atoms with van der Waals surface area (Å²) >= 11 is 4.87. The Hall–Kier alpha value is 4.18. The van der Waals surface area contributed by atoms with E-state index in [-0.39, 0.29) is 96.2 Å². The molecule has 0 nitrogen and oxygen atoms in total. The van der Waals surface area contributed by atoms with E-state index in [0.29, 0.717) is 0 Å². The fourth-order valence-electron chi connectivity index (χ4n) is 0. The quantitative estimate of drug-likeness (QED) is 0.314. The van der Waals surface area contributed by atoms with Crippen LogP contribution in [-0.4, -0.2) is 96.2 Å². The first-order valence-electron chi connectivity index (χ1n) is 0.143. The van der Waals surface area contributed by atoms with Gasteiger partial charge in [-0.1, -0.05) is 0 Å². The molecule has 4 heteroatoms. The molecular weight excluding hydrogens is 547 g/mol. The fourth-order valence-corrected chi connectivity index (χ4v) is 0. The van der Waals surface area contributed by atoms with Gasteiger partial charge in [0.25, 0.3) is 0 Å². The Balaban J connectivity index is -0.00000000500. The molecule has 5 radical (unpaired) electrons. The van der Waals surface area contributed by atoms with Crippen LogP contribution in [0.5, 0.6) is 0 Å². The van der Waals surface area contributed by atoms with Crippen LogP contribution in [0.15, 0.2) is 0 Å². The van der Waals surface area contributed by atoms with Crippen molar-refractivity contribution in [2.45, 2.75) is 0 Å². The van der Waals surface area contributed by atoms with Crippen molar-refractivity contribution in [3.05, 3.63) is 0 Å². The van der Waals surface area contributed by atoms with E-state index in [9.17, 15) is 0 Å². The minimum atomic E-state index is 0. The first-order valence-corrected chi connectivity index (χ1v) is 4.98. The summed E-state index contributed by atoms with van der Waals surface area (Å²) in [5.41, 5.74) is 0. The van der Waals surface area contributed by atoms with Gasteiger partial charge < -0.3 is 0 Å². The first-order chi connectivity index (χ1) is 1.00. The largest absolute Gasteiger partial charge is 0.00711 e. The maximum Gasteiger partial charge on any atom is 0.00711 e. The zero-order chi connectivity index (χ0) is 2.00. The molecule has 0 atom stereocenters. The SMILES string of the molecule is BrI.[Cs].[Pb]. The Kier molecular flexibility index (Phi) is 61.7. The third-order valence-electron chi connectivity index (χ3n) is 0. The molecule has 0 aromatic rings. The summed E-state index contributed by atoms with van der Waals surface area (Å²) in [5, 5.41) is 0. The van der Waals surface area contributed by atoms with Gasteiger partial charge in [-0.15, -0.1) is 0 Å².